The lowest BCUT2D eigenvalue weighted by Crippen LogP contribution is -2.00. The zero-order valence-electron chi connectivity index (χ0n) is 12.6. The standard InChI is InChI=1S/C19H16O3S/c1-2-12-10-13(6-7-17(12)21)16-8-9-23-19(16)18(22)14-4-3-5-15(20)11-14/h3-11,20-21H,2H2,1H3. The van der Waals surface area contributed by atoms with E-state index >= 15 is 0 Å². The second kappa shape index (κ2) is 6.26. The van der Waals surface area contributed by atoms with Crippen molar-refractivity contribution in [3.05, 3.63) is 69.9 Å². The van der Waals surface area contributed by atoms with Crippen LogP contribution in [0.5, 0.6) is 11.5 Å². The van der Waals surface area contributed by atoms with Crippen molar-refractivity contribution in [2.45, 2.75) is 13.3 Å². The van der Waals surface area contributed by atoms with Crippen LogP contribution < -0.4 is 0 Å². The van der Waals surface area contributed by atoms with Crippen LogP contribution in [-0.4, -0.2) is 16.0 Å². The first-order valence-electron chi connectivity index (χ1n) is 7.33. The van der Waals surface area contributed by atoms with Crippen molar-refractivity contribution in [2.24, 2.45) is 0 Å². The van der Waals surface area contributed by atoms with Gasteiger partial charge in [-0.15, -0.1) is 11.3 Å². The fourth-order valence-corrected chi connectivity index (χ4v) is 3.40. The lowest BCUT2D eigenvalue weighted by atomic mass is 9.99. The second-order valence-corrected chi connectivity index (χ2v) is 6.16. The molecule has 0 radical (unpaired) electrons. The van der Waals surface area contributed by atoms with E-state index in [1.54, 1.807) is 24.3 Å². The second-order valence-electron chi connectivity index (χ2n) is 5.24. The lowest BCUT2D eigenvalue weighted by molar-refractivity contribution is 0.104. The summed E-state index contributed by atoms with van der Waals surface area (Å²) < 4.78 is 0. The van der Waals surface area contributed by atoms with E-state index in [4.69, 9.17) is 0 Å². The van der Waals surface area contributed by atoms with Crippen molar-refractivity contribution in [3.63, 3.8) is 0 Å². The highest BCUT2D eigenvalue weighted by molar-refractivity contribution is 7.12. The van der Waals surface area contributed by atoms with Crippen molar-refractivity contribution >= 4 is 17.1 Å². The summed E-state index contributed by atoms with van der Waals surface area (Å²) in [5.74, 6) is 0.233. The van der Waals surface area contributed by atoms with Gasteiger partial charge in [0.2, 0.25) is 5.78 Å². The summed E-state index contributed by atoms with van der Waals surface area (Å²) in [6.07, 6.45) is 0.722. The maximum absolute atomic E-state index is 12.7. The molecule has 116 valence electrons. The highest BCUT2D eigenvalue weighted by Gasteiger charge is 2.17. The van der Waals surface area contributed by atoms with Gasteiger partial charge in [0.15, 0.2) is 0 Å². The van der Waals surface area contributed by atoms with Crippen molar-refractivity contribution in [1.29, 1.82) is 0 Å². The first-order valence-corrected chi connectivity index (χ1v) is 8.21. The fraction of sp³-hybridized carbons (Fsp3) is 0.105. The molecule has 0 saturated heterocycles. The summed E-state index contributed by atoms with van der Waals surface area (Å²) in [4.78, 5) is 13.4. The van der Waals surface area contributed by atoms with Gasteiger partial charge in [-0.1, -0.05) is 25.1 Å². The molecule has 4 heteroatoms. The molecule has 23 heavy (non-hydrogen) atoms. The van der Waals surface area contributed by atoms with E-state index in [9.17, 15) is 15.0 Å². The molecule has 0 amide bonds. The minimum Gasteiger partial charge on any atom is -0.508 e. The zero-order chi connectivity index (χ0) is 16.4. The van der Waals surface area contributed by atoms with Crippen LogP contribution in [0.1, 0.15) is 27.7 Å². The minimum atomic E-state index is -0.114. The Morgan fingerprint density at radius 2 is 1.91 bits per heavy atom. The number of phenols is 2. The van der Waals surface area contributed by atoms with E-state index in [1.165, 1.54) is 17.4 Å². The minimum absolute atomic E-state index is 0.0758. The normalized spacial score (nSPS) is 10.7. The molecule has 1 aromatic heterocycles. The molecule has 3 nitrogen and oxygen atoms in total. The average Bonchev–Trinajstić information content (AvgIpc) is 3.04. The Morgan fingerprint density at radius 1 is 1.09 bits per heavy atom. The largest absolute Gasteiger partial charge is 0.508 e. The van der Waals surface area contributed by atoms with Gasteiger partial charge < -0.3 is 10.2 Å². The van der Waals surface area contributed by atoms with Crippen LogP contribution in [0.15, 0.2) is 53.9 Å². The summed E-state index contributed by atoms with van der Waals surface area (Å²) in [5.41, 5.74) is 3.06. The Labute approximate surface area is 138 Å². The van der Waals surface area contributed by atoms with E-state index in [1.807, 2.05) is 30.5 Å². The van der Waals surface area contributed by atoms with E-state index in [0.717, 1.165) is 23.1 Å². The van der Waals surface area contributed by atoms with E-state index in [0.29, 0.717) is 10.4 Å². The van der Waals surface area contributed by atoms with Gasteiger partial charge >= 0.3 is 0 Å². The Kier molecular flexibility index (Phi) is 4.17. The molecule has 0 aliphatic carbocycles. The predicted molar refractivity (Wildman–Crippen MR) is 92.3 cm³/mol. The number of ketones is 1. The maximum Gasteiger partial charge on any atom is 0.203 e. The van der Waals surface area contributed by atoms with Gasteiger partial charge in [-0.25, -0.2) is 0 Å². The van der Waals surface area contributed by atoms with Gasteiger partial charge in [0, 0.05) is 11.1 Å². The average molecular weight is 324 g/mol. The third-order valence-corrected chi connectivity index (χ3v) is 4.66. The SMILES string of the molecule is CCc1cc(-c2ccsc2C(=O)c2cccc(O)c2)ccc1O. The smallest absolute Gasteiger partial charge is 0.203 e. The number of aryl methyl sites for hydroxylation is 1. The molecular formula is C19H16O3S. The molecule has 0 aliphatic heterocycles. The summed E-state index contributed by atoms with van der Waals surface area (Å²) in [7, 11) is 0. The quantitative estimate of drug-likeness (QED) is 0.689. The molecule has 0 unspecified atom stereocenters. The fourth-order valence-electron chi connectivity index (χ4n) is 2.53. The van der Waals surface area contributed by atoms with Gasteiger partial charge in [-0.2, -0.15) is 0 Å². The van der Waals surface area contributed by atoms with E-state index in [2.05, 4.69) is 0 Å². The van der Waals surface area contributed by atoms with Crippen molar-refractivity contribution in [2.75, 3.05) is 0 Å². The number of aromatic hydroxyl groups is 2. The molecule has 0 fully saturated rings. The Morgan fingerprint density at radius 3 is 2.65 bits per heavy atom. The lowest BCUT2D eigenvalue weighted by Gasteiger charge is -2.07. The maximum atomic E-state index is 12.7. The monoisotopic (exact) mass is 324 g/mol. The molecule has 0 saturated carbocycles. The summed E-state index contributed by atoms with van der Waals surface area (Å²) >= 11 is 1.38. The van der Waals surface area contributed by atoms with Crippen LogP contribution in [0.4, 0.5) is 0 Å². The summed E-state index contributed by atoms with van der Waals surface area (Å²) in [6.45, 7) is 1.98. The zero-order valence-corrected chi connectivity index (χ0v) is 13.4. The highest BCUT2D eigenvalue weighted by Crippen LogP contribution is 2.33. The molecule has 0 spiro atoms. The first kappa shape index (κ1) is 15.3. The molecule has 0 atom stereocenters. The van der Waals surface area contributed by atoms with Crippen LogP contribution in [0.25, 0.3) is 11.1 Å². The Hall–Kier alpha value is -2.59. The third-order valence-electron chi connectivity index (χ3n) is 3.75. The third kappa shape index (κ3) is 2.98. The molecular weight excluding hydrogens is 308 g/mol. The van der Waals surface area contributed by atoms with E-state index in [-0.39, 0.29) is 17.3 Å². The van der Waals surface area contributed by atoms with Crippen molar-refractivity contribution in [3.8, 4) is 22.6 Å². The number of thiophene rings is 1. The number of rotatable bonds is 4. The Balaban J connectivity index is 2.04. The topological polar surface area (TPSA) is 57.5 Å². The van der Waals surface area contributed by atoms with Crippen LogP contribution in [0.3, 0.4) is 0 Å². The van der Waals surface area contributed by atoms with E-state index < -0.39 is 0 Å². The number of phenolic OH excluding ortho intramolecular Hbond substituents is 2. The van der Waals surface area contributed by atoms with Crippen LogP contribution in [0.2, 0.25) is 0 Å². The molecule has 0 aliphatic rings. The van der Waals surface area contributed by atoms with Gasteiger partial charge in [-0.05, 0) is 53.3 Å². The molecule has 3 aromatic rings. The number of hydrogen-bond acceptors (Lipinski definition) is 4. The van der Waals surface area contributed by atoms with Crippen LogP contribution >= 0.6 is 11.3 Å². The summed E-state index contributed by atoms with van der Waals surface area (Å²) in [6, 6.07) is 13.7. The first-order chi connectivity index (χ1) is 11.1. The number of carbonyl (C=O) groups is 1. The highest BCUT2D eigenvalue weighted by atomic mass is 32.1. The molecule has 2 N–H and O–H groups in total. The Bertz CT molecular complexity index is 865. The number of carbonyl (C=O) groups excluding carboxylic acids is 1. The molecule has 0 bridgehead atoms. The molecule has 3 rings (SSSR count). The number of benzene rings is 2. The number of hydrogen-bond donors (Lipinski definition) is 2. The van der Waals surface area contributed by atoms with Crippen molar-refractivity contribution in [1.82, 2.24) is 0 Å². The van der Waals surface area contributed by atoms with Gasteiger partial charge in [0.05, 0.1) is 4.88 Å². The van der Waals surface area contributed by atoms with Crippen LogP contribution in [-0.2, 0) is 6.42 Å². The predicted octanol–water partition coefficient (Wildman–Crippen LogP) is 4.62. The van der Waals surface area contributed by atoms with Gasteiger partial charge in [0.25, 0.3) is 0 Å². The van der Waals surface area contributed by atoms with Crippen molar-refractivity contribution < 1.29 is 15.0 Å². The van der Waals surface area contributed by atoms with Gasteiger partial charge in [-0.3, -0.25) is 4.79 Å². The van der Waals surface area contributed by atoms with Crippen LogP contribution in [0, 0.1) is 0 Å². The summed E-state index contributed by atoms with van der Waals surface area (Å²) in [5, 5.41) is 21.3. The molecule has 2 aromatic carbocycles. The molecule has 1 heterocycles. The van der Waals surface area contributed by atoms with Gasteiger partial charge in [0.1, 0.15) is 11.5 Å².